The summed E-state index contributed by atoms with van der Waals surface area (Å²) in [5.74, 6) is -1.95. The fourth-order valence-electron chi connectivity index (χ4n) is 1.13. The average Bonchev–Trinajstić information content (AvgIpc) is 2.24. The van der Waals surface area contributed by atoms with E-state index < -0.39 is 17.5 Å². The van der Waals surface area contributed by atoms with Crippen molar-refractivity contribution in [2.45, 2.75) is 0 Å². The zero-order valence-corrected chi connectivity index (χ0v) is 10.5. The summed E-state index contributed by atoms with van der Waals surface area (Å²) in [7, 11) is 0. The summed E-state index contributed by atoms with van der Waals surface area (Å²) in [6, 6.07) is 1.79. The Labute approximate surface area is 106 Å². The van der Waals surface area contributed by atoms with E-state index in [1.54, 1.807) is 6.08 Å². The lowest BCUT2D eigenvalue weighted by atomic mass is 10.3. The van der Waals surface area contributed by atoms with E-state index in [2.05, 4.69) is 33.1 Å². The quantitative estimate of drug-likeness (QED) is 0.648. The molecule has 0 aliphatic heterocycles. The molecule has 0 atom stereocenters. The molecule has 0 spiro atoms. The normalized spacial score (nSPS) is 10.1. The summed E-state index contributed by atoms with van der Waals surface area (Å²) in [6.07, 6.45) is 1.60. The Bertz CT molecular complexity index is 414. The molecule has 0 saturated heterocycles. The van der Waals surface area contributed by atoms with E-state index in [-0.39, 0.29) is 16.7 Å². The Morgan fingerprint density at radius 2 is 2.18 bits per heavy atom. The van der Waals surface area contributed by atoms with Gasteiger partial charge >= 0.3 is 0 Å². The molecule has 3 nitrogen and oxygen atoms in total. The zero-order chi connectivity index (χ0) is 12.8. The predicted octanol–water partition coefficient (Wildman–Crippen LogP) is 2.44. The standard InChI is InChI=1S/C11H11BrF2N2O/c1-2-3-15-6-10(17)16-11-8(12)4-7(13)5-9(11)14/h2,4-5,15H,1,3,6H2,(H,16,17). The minimum Gasteiger partial charge on any atom is -0.322 e. The van der Waals surface area contributed by atoms with Crippen molar-refractivity contribution in [2.75, 3.05) is 18.4 Å². The van der Waals surface area contributed by atoms with Crippen LogP contribution in [0, 0.1) is 11.6 Å². The highest BCUT2D eigenvalue weighted by molar-refractivity contribution is 9.10. The van der Waals surface area contributed by atoms with Gasteiger partial charge in [0.25, 0.3) is 0 Å². The molecular weight excluding hydrogens is 294 g/mol. The number of nitrogens with one attached hydrogen (secondary N) is 2. The number of anilines is 1. The van der Waals surface area contributed by atoms with Crippen molar-refractivity contribution in [3.8, 4) is 0 Å². The number of hydrogen-bond donors (Lipinski definition) is 2. The number of carbonyl (C=O) groups is 1. The maximum absolute atomic E-state index is 13.3. The van der Waals surface area contributed by atoms with Gasteiger partial charge in [-0.25, -0.2) is 8.78 Å². The van der Waals surface area contributed by atoms with Gasteiger partial charge in [0.1, 0.15) is 5.82 Å². The van der Waals surface area contributed by atoms with Crippen molar-refractivity contribution in [3.05, 3.63) is 40.9 Å². The van der Waals surface area contributed by atoms with Gasteiger partial charge in [0.15, 0.2) is 5.82 Å². The molecule has 0 fully saturated rings. The Hall–Kier alpha value is -1.27. The SMILES string of the molecule is C=CCNCC(=O)Nc1c(F)cc(F)cc1Br. The molecule has 2 N–H and O–H groups in total. The average molecular weight is 305 g/mol. The van der Waals surface area contributed by atoms with Crippen LogP contribution in [0.2, 0.25) is 0 Å². The molecule has 17 heavy (non-hydrogen) atoms. The van der Waals surface area contributed by atoms with Crippen LogP contribution in [0.3, 0.4) is 0 Å². The molecule has 0 saturated carbocycles. The summed E-state index contributed by atoms with van der Waals surface area (Å²) in [5.41, 5.74) is -0.0724. The van der Waals surface area contributed by atoms with E-state index in [9.17, 15) is 13.6 Å². The molecule has 0 aliphatic rings. The Balaban J connectivity index is 2.68. The van der Waals surface area contributed by atoms with Gasteiger partial charge < -0.3 is 10.6 Å². The summed E-state index contributed by atoms with van der Waals surface area (Å²) in [5, 5.41) is 5.10. The van der Waals surface area contributed by atoms with Gasteiger partial charge in [0.2, 0.25) is 5.91 Å². The van der Waals surface area contributed by atoms with Gasteiger partial charge in [-0.3, -0.25) is 4.79 Å². The number of amides is 1. The highest BCUT2D eigenvalue weighted by Gasteiger charge is 2.12. The van der Waals surface area contributed by atoms with Gasteiger partial charge in [-0.15, -0.1) is 6.58 Å². The predicted molar refractivity (Wildman–Crippen MR) is 65.8 cm³/mol. The number of rotatable bonds is 5. The van der Waals surface area contributed by atoms with Crippen LogP contribution in [0.4, 0.5) is 14.5 Å². The second-order valence-electron chi connectivity index (χ2n) is 3.21. The third kappa shape index (κ3) is 4.24. The van der Waals surface area contributed by atoms with Gasteiger partial charge in [-0.2, -0.15) is 0 Å². The molecule has 0 unspecified atom stereocenters. The molecule has 1 aromatic carbocycles. The summed E-state index contributed by atoms with van der Waals surface area (Å²) in [4.78, 5) is 11.4. The van der Waals surface area contributed by atoms with Crippen LogP contribution in [-0.4, -0.2) is 19.0 Å². The molecule has 6 heteroatoms. The second kappa shape index (κ2) is 6.46. The van der Waals surface area contributed by atoms with E-state index in [4.69, 9.17) is 0 Å². The van der Waals surface area contributed by atoms with E-state index in [0.29, 0.717) is 12.6 Å². The van der Waals surface area contributed by atoms with Gasteiger partial charge in [-0.05, 0) is 22.0 Å². The Morgan fingerprint density at radius 3 is 2.76 bits per heavy atom. The van der Waals surface area contributed by atoms with Crippen molar-refractivity contribution in [1.82, 2.24) is 5.32 Å². The third-order valence-electron chi connectivity index (χ3n) is 1.85. The zero-order valence-electron chi connectivity index (χ0n) is 8.90. The van der Waals surface area contributed by atoms with Gasteiger partial charge in [0, 0.05) is 17.1 Å². The van der Waals surface area contributed by atoms with E-state index in [1.165, 1.54) is 0 Å². The van der Waals surface area contributed by atoms with Crippen molar-refractivity contribution in [3.63, 3.8) is 0 Å². The highest BCUT2D eigenvalue weighted by Crippen LogP contribution is 2.26. The molecule has 0 radical (unpaired) electrons. The molecular formula is C11H11BrF2N2O. The lowest BCUT2D eigenvalue weighted by Crippen LogP contribution is -2.28. The minimum atomic E-state index is -0.825. The molecule has 0 heterocycles. The number of hydrogen-bond acceptors (Lipinski definition) is 2. The monoisotopic (exact) mass is 304 g/mol. The largest absolute Gasteiger partial charge is 0.322 e. The van der Waals surface area contributed by atoms with Crippen molar-refractivity contribution >= 4 is 27.5 Å². The van der Waals surface area contributed by atoms with Crippen LogP contribution in [0.25, 0.3) is 0 Å². The van der Waals surface area contributed by atoms with Gasteiger partial charge in [0.05, 0.1) is 12.2 Å². The van der Waals surface area contributed by atoms with Crippen molar-refractivity contribution in [2.24, 2.45) is 0 Å². The molecule has 0 aliphatic carbocycles. The maximum Gasteiger partial charge on any atom is 0.238 e. The van der Waals surface area contributed by atoms with Crippen molar-refractivity contribution in [1.29, 1.82) is 0 Å². The first-order valence-electron chi connectivity index (χ1n) is 4.80. The molecule has 1 aromatic rings. The van der Waals surface area contributed by atoms with Crippen LogP contribution in [0.5, 0.6) is 0 Å². The maximum atomic E-state index is 13.3. The number of halogens is 3. The van der Waals surface area contributed by atoms with Crippen LogP contribution in [0.15, 0.2) is 29.3 Å². The van der Waals surface area contributed by atoms with E-state index in [0.717, 1.165) is 6.07 Å². The van der Waals surface area contributed by atoms with Crippen LogP contribution in [0.1, 0.15) is 0 Å². The lowest BCUT2D eigenvalue weighted by molar-refractivity contribution is -0.115. The lowest BCUT2D eigenvalue weighted by Gasteiger charge is -2.09. The second-order valence-corrected chi connectivity index (χ2v) is 4.07. The highest BCUT2D eigenvalue weighted by atomic mass is 79.9. The first-order chi connectivity index (χ1) is 8.04. The Kier molecular flexibility index (Phi) is 5.24. The van der Waals surface area contributed by atoms with Crippen molar-refractivity contribution < 1.29 is 13.6 Å². The minimum absolute atomic E-state index is 0.0231. The first-order valence-corrected chi connectivity index (χ1v) is 5.60. The van der Waals surface area contributed by atoms with E-state index >= 15 is 0 Å². The molecule has 0 aromatic heterocycles. The fraction of sp³-hybridized carbons (Fsp3) is 0.182. The number of benzene rings is 1. The van der Waals surface area contributed by atoms with Gasteiger partial charge in [-0.1, -0.05) is 6.08 Å². The van der Waals surface area contributed by atoms with Crippen LogP contribution < -0.4 is 10.6 Å². The molecule has 1 rings (SSSR count). The summed E-state index contributed by atoms with van der Waals surface area (Å²) in [6.45, 7) is 3.97. The van der Waals surface area contributed by atoms with E-state index in [1.807, 2.05) is 0 Å². The molecule has 92 valence electrons. The fourth-order valence-corrected chi connectivity index (χ4v) is 1.64. The molecule has 1 amide bonds. The summed E-state index contributed by atoms with van der Waals surface area (Å²) < 4.78 is 26.3. The third-order valence-corrected chi connectivity index (χ3v) is 2.47. The Morgan fingerprint density at radius 1 is 1.47 bits per heavy atom. The topological polar surface area (TPSA) is 41.1 Å². The summed E-state index contributed by atoms with van der Waals surface area (Å²) >= 11 is 2.98. The molecule has 0 bridgehead atoms. The first kappa shape index (κ1) is 13.8. The van der Waals surface area contributed by atoms with Crippen LogP contribution >= 0.6 is 15.9 Å². The number of carbonyl (C=O) groups excluding carboxylic acids is 1. The van der Waals surface area contributed by atoms with Crippen LogP contribution in [-0.2, 0) is 4.79 Å². The smallest absolute Gasteiger partial charge is 0.238 e.